The number of hydrogen-bond donors (Lipinski definition) is 2. The predicted molar refractivity (Wildman–Crippen MR) is 166 cm³/mol. The fourth-order valence-electron chi connectivity index (χ4n) is 3.90. The van der Waals surface area contributed by atoms with Gasteiger partial charge in [0.05, 0.1) is 23.0 Å². The Labute approximate surface area is 241 Å². The normalized spacial score (nSPS) is 12.3. The van der Waals surface area contributed by atoms with Crippen LogP contribution in [-0.4, -0.2) is 21.5 Å². The molecule has 2 N–H and O–H groups in total. The molecule has 0 atom stereocenters. The van der Waals surface area contributed by atoms with Crippen molar-refractivity contribution in [3.05, 3.63) is 117 Å². The van der Waals surface area contributed by atoms with Gasteiger partial charge < -0.3 is 10.3 Å². The first-order valence-electron chi connectivity index (χ1n) is 12.5. The van der Waals surface area contributed by atoms with Gasteiger partial charge in [-0.25, -0.2) is 9.98 Å². The van der Waals surface area contributed by atoms with Crippen LogP contribution in [0.5, 0.6) is 0 Å². The lowest BCUT2D eigenvalue weighted by molar-refractivity contribution is -0.108. The summed E-state index contributed by atoms with van der Waals surface area (Å²) >= 11 is 2.85. The number of carbonyl (C=O) groups is 1. The third kappa shape index (κ3) is 7.59. The number of nitriles is 1. The second-order valence-corrected chi connectivity index (χ2v) is 10.6. The lowest BCUT2D eigenvalue weighted by Crippen LogP contribution is -2.18. The summed E-state index contributed by atoms with van der Waals surface area (Å²) in [6.07, 6.45) is 4.24. The van der Waals surface area contributed by atoms with E-state index in [1.807, 2.05) is 79.7 Å². The van der Waals surface area contributed by atoms with Crippen LogP contribution in [-0.2, 0) is 16.3 Å². The fourth-order valence-corrected chi connectivity index (χ4v) is 5.52. The van der Waals surface area contributed by atoms with Crippen molar-refractivity contribution in [3.8, 4) is 6.07 Å². The SMILES string of the molecule is C/C=C/c1cc(=O)[nH]c(SCc2ccc(CSC(=N/C(=C(\C)C#N)c3cccc4ccccc34)NC=O)cc2)n1. The molecule has 0 aliphatic heterocycles. The number of aromatic nitrogens is 2. The number of nitrogens with one attached hydrogen (secondary N) is 2. The number of hydrogen-bond acceptors (Lipinski definition) is 7. The van der Waals surface area contributed by atoms with Gasteiger partial charge in [0, 0.05) is 23.1 Å². The summed E-state index contributed by atoms with van der Waals surface area (Å²) in [4.78, 5) is 35.2. The first kappa shape index (κ1) is 28.6. The first-order valence-corrected chi connectivity index (χ1v) is 14.4. The van der Waals surface area contributed by atoms with Crippen molar-refractivity contribution in [2.75, 3.05) is 0 Å². The van der Waals surface area contributed by atoms with Crippen LogP contribution in [0.25, 0.3) is 22.5 Å². The van der Waals surface area contributed by atoms with Gasteiger partial charge in [-0.1, -0.05) is 96.3 Å². The maximum absolute atomic E-state index is 11.9. The zero-order valence-corrected chi connectivity index (χ0v) is 23.7. The number of amidine groups is 1. The summed E-state index contributed by atoms with van der Waals surface area (Å²) in [6, 6.07) is 25.6. The maximum Gasteiger partial charge on any atom is 0.252 e. The number of allylic oxidation sites excluding steroid dienone is 2. The minimum Gasteiger partial charge on any atom is -0.308 e. The van der Waals surface area contributed by atoms with Gasteiger partial charge in [-0.2, -0.15) is 5.26 Å². The Balaban J connectivity index is 1.48. The highest BCUT2D eigenvalue weighted by Gasteiger charge is 2.12. The second kappa shape index (κ2) is 14.1. The van der Waals surface area contributed by atoms with Gasteiger partial charge in [0.15, 0.2) is 10.3 Å². The summed E-state index contributed by atoms with van der Waals surface area (Å²) < 4.78 is 0. The number of fused-ring (bicyclic) bond motifs is 1. The molecule has 200 valence electrons. The van der Waals surface area contributed by atoms with E-state index >= 15 is 0 Å². The van der Waals surface area contributed by atoms with Crippen LogP contribution >= 0.6 is 23.5 Å². The molecule has 1 aromatic heterocycles. The highest BCUT2D eigenvalue weighted by Crippen LogP contribution is 2.29. The molecule has 1 heterocycles. The zero-order chi connectivity index (χ0) is 28.3. The van der Waals surface area contributed by atoms with Crippen LogP contribution in [0.1, 0.15) is 36.2 Å². The average molecular weight is 566 g/mol. The summed E-state index contributed by atoms with van der Waals surface area (Å²) in [5.74, 6) is 1.23. The van der Waals surface area contributed by atoms with E-state index in [1.165, 1.54) is 29.6 Å². The number of benzene rings is 3. The lowest BCUT2D eigenvalue weighted by Gasteiger charge is -2.11. The molecule has 0 bridgehead atoms. The van der Waals surface area contributed by atoms with Gasteiger partial charge in [0.25, 0.3) is 5.56 Å². The maximum atomic E-state index is 11.9. The molecular formula is C31H27N5O2S2. The Bertz CT molecular complexity index is 1690. The molecule has 0 aliphatic carbocycles. The van der Waals surface area contributed by atoms with Gasteiger partial charge in [-0.05, 0) is 41.8 Å². The van der Waals surface area contributed by atoms with Gasteiger partial charge in [0.1, 0.15) is 0 Å². The number of nitrogens with zero attached hydrogens (tertiary/aromatic N) is 3. The molecule has 0 saturated heterocycles. The van der Waals surface area contributed by atoms with Crippen LogP contribution in [0, 0.1) is 11.3 Å². The Morgan fingerprint density at radius 2 is 1.80 bits per heavy atom. The first-order chi connectivity index (χ1) is 19.5. The lowest BCUT2D eigenvalue weighted by atomic mass is 10.0. The van der Waals surface area contributed by atoms with Gasteiger partial charge in [-0.3, -0.25) is 9.59 Å². The van der Waals surface area contributed by atoms with Crippen molar-refractivity contribution >= 4 is 57.6 Å². The number of thioether (sulfide) groups is 2. The minimum absolute atomic E-state index is 0.178. The van der Waals surface area contributed by atoms with E-state index < -0.39 is 0 Å². The molecule has 0 unspecified atom stereocenters. The van der Waals surface area contributed by atoms with E-state index in [1.54, 1.807) is 13.0 Å². The number of aromatic amines is 1. The van der Waals surface area contributed by atoms with Crippen molar-refractivity contribution in [1.82, 2.24) is 15.3 Å². The van der Waals surface area contributed by atoms with Gasteiger partial charge >= 0.3 is 0 Å². The number of H-pyrrole nitrogens is 1. The summed E-state index contributed by atoms with van der Waals surface area (Å²) in [5, 5.41) is 15.4. The van der Waals surface area contributed by atoms with E-state index in [2.05, 4.69) is 21.4 Å². The van der Waals surface area contributed by atoms with Crippen LogP contribution in [0.3, 0.4) is 0 Å². The van der Waals surface area contributed by atoms with Crippen molar-refractivity contribution in [2.24, 2.45) is 4.99 Å². The largest absolute Gasteiger partial charge is 0.308 e. The monoisotopic (exact) mass is 565 g/mol. The standard InChI is InChI=1S/C31H27N5O2S2/c1-3-7-25-16-28(38)35-31(34-25)40-19-23-14-12-22(13-15-23)18-39-30(33-20-37)36-29(21(2)17-32)27-11-6-9-24-8-4-5-10-26(24)27/h3-16,20H,18-19H2,1-2H3,(H,33,36,37)(H,34,35,38)/b7-3+,29-21+. The molecule has 0 fully saturated rings. The van der Waals surface area contributed by atoms with Crippen molar-refractivity contribution < 1.29 is 4.79 Å². The summed E-state index contributed by atoms with van der Waals surface area (Å²) in [5.41, 5.74) is 4.40. The third-order valence-corrected chi connectivity index (χ3v) is 7.72. The fraction of sp³-hybridized carbons (Fsp3) is 0.129. The summed E-state index contributed by atoms with van der Waals surface area (Å²) in [7, 11) is 0. The van der Waals surface area contributed by atoms with Crippen molar-refractivity contribution in [3.63, 3.8) is 0 Å². The Morgan fingerprint density at radius 3 is 2.52 bits per heavy atom. The van der Waals surface area contributed by atoms with E-state index in [9.17, 15) is 14.9 Å². The van der Waals surface area contributed by atoms with Crippen LogP contribution in [0.4, 0.5) is 0 Å². The molecule has 0 spiro atoms. The molecule has 4 aromatic rings. The Morgan fingerprint density at radius 1 is 1.07 bits per heavy atom. The molecule has 7 nitrogen and oxygen atoms in total. The molecule has 1 amide bonds. The number of aliphatic imine (C=N–C) groups is 1. The molecule has 0 saturated carbocycles. The predicted octanol–water partition coefficient (Wildman–Crippen LogP) is 6.54. The quantitative estimate of drug-likeness (QED) is 0.0595. The van der Waals surface area contributed by atoms with E-state index in [4.69, 9.17) is 4.99 Å². The molecule has 0 radical (unpaired) electrons. The topological polar surface area (TPSA) is 111 Å². The molecule has 0 aliphatic rings. The second-order valence-electron chi connectivity index (χ2n) is 8.66. The molecule has 40 heavy (non-hydrogen) atoms. The number of amides is 1. The molecule has 3 aromatic carbocycles. The smallest absolute Gasteiger partial charge is 0.252 e. The average Bonchev–Trinajstić information content (AvgIpc) is 2.97. The highest BCUT2D eigenvalue weighted by atomic mass is 32.2. The zero-order valence-electron chi connectivity index (χ0n) is 22.0. The molecule has 4 rings (SSSR count). The number of carbonyl (C=O) groups excluding carboxylic acids is 1. The molecule has 9 heteroatoms. The van der Waals surface area contributed by atoms with E-state index in [0.717, 1.165) is 27.5 Å². The van der Waals surface area contributed by atoms with Crippen LogP contribution in [0.2, 0.25) is 0 Å². The van der Waals surface area contributed by atoms with Crippen LogP contribution < -0.4 is 10.9 Å². The van der Waals surface area contributed by atoms with E-state index in [-0.39, 0.29) is 5.56 Å². The van der Waals surface area contributed by atoms with Gasteiger partial charge in [0.2, 0.25) is 6.41 Å². The Kier molecular flexibility index (Phi) is 10.1. The minimum atomic E-state index is -0.178. The van der Waals surface area contributed by atoms with E-state index in [0.29, 0.717) is 45.2 Å². The van der Waals surface area contributed by atoms with Crippen molar-refractivity contribution in [2.45, 2.75) is 30.5 Å². The molecular weight excluding hydrogens is 539 g/mol. The highest BCUT2D eigenvalue weighted by molar-refractivity contribution is 8.13. The van der Waals surface area contributed by atoms with Gasteiger partial charge in [-0.15, -0.1) is 0 Å². The number of rotatable bonds is 9. The van der Waals surface area contributed by atoms with Crippen molar-refractivity contribution in [1.29, 1.82) is 5.26 Å². The third-order valence-electron chi connectivity index (χ3n) is 5.81. The van der Waals surface area contributed by atoms with Crippen LogP contribution in [0.15, 0.2) is 99.4 Å². The Hall–Kier alpha value is -4.39. The summed E-state index contributed by atoms with van der Waals surface area (Å²) in [6.45, 7) is 3.61.